The Morgan fingerprint density at radius 3 is 2.89 bits per heavy atom. The first-order valence-corrected chi connectivity index (χ1v) is 2.86. The number of ether oxygens (including phenoxy) is 1. The first-order chi connectivity index (χ1) is 4.24. The predicted molar refractivity (Wildman–Crippen MR) is 32.0 cm³/mol. The number of nitrogens with zero attached hydrogens (tertiary/aromatic N) is 1. The Labute approximate surface area is 53.6 Å². The van der Waals surface area contributed by atoms with Gasteiger partial charge in [-0.2, -0.15) is 0 Å². The molecule has 0 unspecified atom stereocenters. The quantitative estimate of drug-likeness (QED) is 0.515. The molecule has 1 saturated heterocycles. The number of hydrogen-bond donors (Lipinski definition) is 1. The second kappa shape index (κ2) is 2.23. The van der Waals surface area contributed by atoms with Crippen LogP contribution < -0.4 is 5.73 Å². The van der Waals surface area contributed by atoms with E-state index in [1.54, 1.807) is 7.05 Å². The standard InChI is InChI=1S/C5H10N2O2/c1-7-3-4(2-6)9-5(7)8/h4H,2-3,6H2,1H3/t4-/m0/s1. The molecule has 0 bridgehead atoms. The van der Waals surface area contributed by atoms with Crippen LogP contribution in [0.3, 0.4) is 0 Å². The minimum Gasteiger partial charge on any atom is -0.443 e. The SMILES string of the molecule is CN1C[C@H](CN)OC1=O. The zero-order chi connectivity index (χ0) is 6.85. The van der Waals surface area contributed by atoms with Crippen molar-refractivity contribution >= 4 is 6.09 Å². The van der Waals surface area contributed by atoms with E-state index in [1.807, 2.05) is 0 Å². The molecule has 9 heavy (non-hydrogen) atoms. The van der Waals surface area contributed by atoms with Crippen LogP contribution in [0.5, 0.6) is 0 Å². The summed E-state index contributed by atoms with van der Waals surface area (Å²) in [6.45, 7) is 1.03. The van der Waals surface area contributed by atoms with Crippen molar-refractivity contribution in [2.45, 2.75) is 6.10 Å². The Balaban J connectivity index is 2.44. The van der Waals surface area contributed by atoms with Gasteiger partial charge in [0.1, 0.15) is 6.10 Å². The molecule has 1 rings (SSSR count). The third-order valence-electron chi connectivity index (χ3n) is 1.32. The molecule has 52 valence electrons. The van der Waals surface area contributed by atoms with Crippen molar-refractivity contribution in [2.75, 3.05) is 20.1 Å². The van der Waals surface area contributed by atoms with E-state index in [2.05, 4.69) is 0 Å². The molecular formula is C5H10N2O2. The van der Waals surface area contributed by atoms with E-state index < -0.39 is 0 Å². The van der Waals surface area contributed by atoms with Crippen molar-refractivity contribution in [3.63, 3.8) is 0 Å². The number of likely N-dealkylation sites (N-methyl/N-ethyl adjacent to an activating group) is 1. The van der Waals surface area contributed by atoms with Crippen LogP contribution >= 0.6 is 0 Å². The molecule has 2 N–H and O–H groups in total. The Kier molecular flexibility index (Phi) is 1.57. The van der Waals surface area contributed by atoms with Crippen LogP contribution in [-0.2, 0) is 4.74 Å². The highest BCUT2D eigenvalue weighted by Gasteiger charge is 2.26. The zero-order valence-corrected chi connectivity index (χ0v) is 5.33. The van der Waals surface area contributed by atoms with Crippen LogP contribution in [0.15, 0.2) is 0 Å². The van der Waals surface area contributed by atoms with Gasteiger partial charge < -0.3 is 15.4 Å². The number of amides is 1. The molecule has 0 saturated carbocycles. The van der Waals surface area contributed by atoms with Gasteiger partial charge in [0.15, 0.2) is 0 Å². The van der Waals surface area contributed by atoms with Gasteiger partial charge in [0.2, 0.25) is 0 Å². The van der Waals surface area contributed by atoms with Crippen molar-refractivity contribution in [2.24, 2.45) is 5.73 Å². The number of carbonyl (C=O) groups excluding carboxylic acids is 1. The summed E-state index contributed by atoms with van der Waals surface area (Å²) < 4.78 is 4.78. The predicted octanol–water partition coefficient (Wildman–Crippen LogP) is -0.604. The monoisotopic (exact) mass is 130 g/mol. The lowest BCUT2D eigenvalue weighted by molar-refractivity contribution is 0.137. The summed E-state index contributed by atoms with van der Waals surface area (Å²) in [6, 6.07) is 0. The van der Waals surface area contributed by atoms with Crippen molar-refractivity contribution in [3.05, 3.63) is 0 Å². The molecule has 0 aromatic carbocycles. The number of rotatable bonds is 1. The lowest BCUT2D eigenvalue weighted by Gasteiger charge is -2.01. The smallest absolute Gasteiger partial charge is 0.410 e. The maximum Gasteiger partial charge on any atom is 0.410 e. The summed E-state index contributed by atoms with van der Waals surface area (Å²) in [5.74, 6) is 0. The average Bonchev–Trinajstić information content (AvgIpc) is 2.13. The number of nitrogens with two attached hydrogens (primary N) is 1. The van der Waals surface area contributed by atoms with Crippen molar-refractivity contribution in [1.82, 2.24) is 4.90 Å². The van der Waals surface area contributed by atoms with E-state index in [-0.39, 0.29) is 12.2 Å². The third kappa shape index (κ3) is 1.13. The van der Waals surface area contributed by atoms with Gasteiger partial charge in [-0.15, -0.1) is 0 Å². The molecule has 1 fully saturated rings. The third-order valence-corrected chi connectivity index (χ3v) is 1.32. The number of cyclic esters (lactones) is 1. The average molecular weight is 130 g/mol. The second-order valence-electron chi connectivity index (χ2n) is 2.12. The molecule has 0 aromatic heterocycles. The summed E-state index contributed by atoms with van der Waals surface area (Å²) in [6.07, 6.45) is -0.368. The normalized spacial score (nSPS) is 26.7. The van der Waals surface area contributed by atoms with Gasteiger partial charge in [-0.25, -0.2) is 4.79 Å². The molecule has 0 radical (unpaired) electrons. The van der Waals surface area contributed by atoms with Crippen LogP contribution in [0.2, 0.25) is 0 Å². The Bertz CT molecular complexity index is 126. The fraction of sp³-hybridized carbons (Fsp3) is 0.800. The minimum absolute atomic E-state index is 0.0949. The summed E-state index contributed by atoms with van der Waals surface area (Å²) in [5.41, 5.74) is 5.25. The van der Waals surface area contributed by atoms with Crippen LogP contribution in [0.4, 0.5) is 4.79 Å². The Morgan fingerprint density at radius 1 is 2.00 bits per heavy atom. The summed E-state index contributed by atoms with van der Waals surface area (Å²) in [4.78, 5) is 12.1. The van der Waals surface area contributed by atoms with Gasteiger partial charge in [0.05, 0.1) is 6.54 Å². The molecule has 1 heterocycles. The first-order valence-electron chi connectivity index (χ1n) is 2.86. The summed E-state index contributed by atoms with van der Waals surface area (Å²) in [7, 11) is 1.69. The molecule has 1 aliphatic rings. The minimum atomic E-state index is -0.273. The van der Waals surface area contributed by atoms with E-state index in [9.17, 15) is 4.79 Å². The summed E-state index contributed by atoms with van der Waals surface area (Å²) in [5, 5.41) is 0. The van der Waals surface area contributed by atoms with E-state index in [1.165, 1.54) is 4.90 Å². The topological polar surface area (TPSA) is 55.6 Å². The summed E-state index contributed by atoms with van der Waals surface area (Å²) >= 11 is 0. The van der Waals surface area contributed by atoms with Crippen molar-refractivity contribution < 1.29 is 9.53 Å². The van der Waals surface area contributed by atoms with Gasteiger partial charge in [-0.05, 0) is 0 Å². The highest BCUT2D eigenvalue weighted by molar-refractivity contribution is 5.69. The van der Waals surface area contributed by atoms with Crippen LogP contribution in [-0.4, -0.2) is 37.2 Å². The molecular weight excluding hydrogens is 120 g/mol. The maximum atomic E-state index is 10.6. The van der Waals surface area contributed by atoms with Crippen molar-refractivity contribution in [1.29, 1.82) is 0 Å². The second-order valence-corrected chi connectivity index (χ2v) is 2.12. The molecule has 0 aliphatic carbocycles. The lowest BCUT2D eigenvalue weighted by Crippen LogP contribution is -2.24. The molecule has 1 atom stereocenters. The molecule has 0 aromatic rings. The molecule has 0 spiro atoms. The van der Waals surface area contributed by atoms with Crippen LogP contribution in [0.25, 0.3) is 0 Å². The highest BCUT2D eigenvalue weighted by atomic mass is 16.6. The van der Waals surface area contributed by atoms with Gasteiger partial charge in [0, 0.05) is 13.6 Å². The first kappa shape index (κ1) is 6.35. The molecule has 4 nitrogen and oxygen atoms in total. The Hall–Kier alpha value is -0.770. The van der Waals surface area contributed by atoms with Crippen LogP contribution in [0.1, 0.15) is 0 Å². The lowest BCUT2D eigenvalue weighted by atomic mass is 10.4. The van der Waals surface area contributed by atoms with E-state index in [0.29, 0.717) is 13.1 Å². The fourth-order valence-electron chi connectivity index (χ4n) is 0.772. The van der Waals surface area contributed by atoms with Gasteiger partial charge in [-0.1, -0.05) is 0 Å². The fourth-order valence-corrected chi connectivity index (χ4v) is 0.772. The van der Waals surface area contributed by atoms with Crippen LogP contribution in [0, 0.1) is 0 Å². The molecule has 1 amide bonds. The van der Waals surface area contributed by atoms with E-state index in [0.717, 1.165) is 0 Å². The molecule has 1 aliphatic heterocycles. The highest BCUT2D eigenvalue weighted by Crippen LogP contribution is 2.06. The van der Waals surface area contributed by atoms with E-state index >= 15 is 0 Å². The zero-order valence-electron chi connectivity index (χ0n) is 5.33. The van der Waals surface area contributed by atoms with Gasteiger partial charge >= 0.3 is 6.09 Å². The van der Waals surface area contributed by atoms with Crippen molar-refractivity contribution in [3.8, 4) is 0 Å². The number of hydrogen-bond acceptors (Lipinski definition) is 3. The van der Waals surface area contributed by atoms with Gasteiger partial charge in [0.25, 0.3) is 0 Å². The largest absolute Gasteiger partial charge is 0.443 e. The Morgan fingerprint density at radius 2 is 2.67 bits per heavy atom. The van der Waals surface area contributed by atoms with Gasteiger partial charge in [-0.3, -0.25) is 0 Å². The van der Waals surface area contributed by atoms with E-state index in [4.69, 9.17) is 10.5 Å². The molecule has 4 heteroatoms. The maximum absolute atomic E-state index is 10.6. The number of carbonyl (C=O) groups is 1.